The van der Waals surface area contributed by atoms with Crippen LogP contribution >= 0.6 is 0 Å². The van der Waals surface area contributed by atoms with E-state index in [1.54, 1.807) is 0 Å². The zero-order valence-electron chi connectivity index (χ0n) is 10.6. The zero-order chi connectivity index (χ0) is 14.1. The van der Waals surface area contributed by atoms with E-state index in [4.69, 9.17) is 10.2 Å². The number of nitrogens with one attached hydrogen (secondary N) is 1. The number of nitrogens with zero attached hydrogens (tertiary/aromatic N) is 1. The third kappa shape index (κ3) is 5.07. The fourth-order valence-corrected chi connectivity index (χ4v) is 1.57. The number of carbonyl (C=O) groups excluding carboxylic acids is 2. The summed E-state index contributed by atoms with van der Waals surface area (Å²) in [7, 11) is 0. The predicted octanol–water partition coefficient (Wildman–Crippen LogP) is -0.884. The van der Waals surface area contributed by atoms with Gasteiger partial charge < -0.3 is 20.4 Å². The Balaban J connectivity index is 2.66. The Morgan fingerprint density at radius 1 is 1.11 bits per heavy atom. The van der Waals surface area contributed by atoms with Gasteiger partial charge in [0.05, 0.1) is 13.2 Å². The Hall–Kier alpha value is -1.92. The molecule has 1 aromatic rings. The van der Waals surface area contributed by atoms with Crippen molar-refractivity contribution in [2.45, 2.75) is 6.54 Å². The smallest absolute Gasteiger partial charge is 0.312 e. The molecule has 2 amide bonds. The van der Waals surface area contributed by atoms with Crippen molar-refractivity contribution in [1.82, 2.24) is 10.2 Å². The van der Waals surface area contributed by atoms with Gasteiger partial charge in [0.15, 0.2) is 0 Å². The van der Waals surface area contributed by atoms with Crippen molar-refractivity contribution < 1.29 is 19.8 Å². The summed E-state index contributed by atoms with van der Waals surface area (Å²) < 4.78 is 0. The highest BCUT2D eigenvalue weighted by Gasteiger charge is 2.21. The van der Waals surface area contributed by atoms with E-state index < -0.39 is 11.8 Å². The van der Waals surface area contributed by atoms with Crippen LogP contribution in [0.2, 0.25) is 0 Å². The molecule has 0 saturated heterocycles. The summed E-state index contributed by atoms with van der Waals surface area (Å²) in [5.74, 6) is -1.50. The van der Waals surface area contributed by atoms with Gasteiger partial charge in [0.2, 0.25) is 0 Å². The van der Waals surface area contributed by atoms with Crippen LogP contribution in [0, 0.1) is 0 Å². The Morgan fingerprint density at radius 2 is 1.79 bits per heavy atom. The molecule has 0 aromatic heterocycles. The van der Waals surface area contributed by atoms with Crippen molar-refractivity contribution in [1.29, 1.82) is 0 Å². The van der Waals surface area contributed by atoms with Crippen LogP contribution in [0.25, 0.3) is 0 Å². The number of hydrogen-bond donors (Lipinski definition) is 3. The lowest BCUT2D eigenvalue weighted by Gasteiger charge is -2.21. The normalized spacial score (nSPS) is 10.0. The molecule has 0 aliphatic heterocycles. The van der Waals surface area contributed by atoms with E-state index in [1.165, 1.54) is 4.90 Å². The number of rotatable bonds is 6. The van der Waals surface area contributed by atoms with E-state index in [1.807, 2.05) is 30.3 Å². The van der Waals surface area contributed by atoms with Crippen LogP contribution in [0.15, 0.2) is 30.3 Å². The van der Waals surface area contributed by atoms with Gasteiger partial charge >= 0.3 is 11.8 Å². The third-order valence-corrected chi connectivity index (χ3v) is 2.46. The molecule has 0 radical (unpaired) electrons. The Kier molecular flexibility index (Phi) is 6.56. The minimum atomic E-state index is -0.779. The molecule has 0 atom stereocenters. The second kappa shape index (κ2) is 8.23. The van der Waals surface area contributed by atoms with Gasteiger partial charge in [-0.15, -0.1) is 0 Å². The molecule has 0 saturated carbocycles. The van der Waals surface area contributed by atoms with E-state index >= 15 is 0 Å². The molecule has 0 spiro atoms. The fourth-order valence-electron chi connectivity index (χ4n) is 1.57. The second-order valence-corrected chi connectivity index (χ2v) is 3.92. The topological polar surface area (TPSA) is 89.9 Å². The van der Waals surface area contributed by atoms with Crippen LogP contribution in [-0.2, 0) is 16.1 Å². The molecular formula is C13H18N2O4. The first-order chi connectivity index (χ1) is 9.19. The van der Waals surface area contributed by atoms with Gasteiger partial charge in [-0.25, -0.2) is 0 Å². The molecule has 0 fully saturated rings. The minimum absolute atomic E-state index is 0.0306. The zero-order valence-corrected chi connectivity index (χ0v) is 10.6. The molecule has 0 bridgehead atoms. The number of aliphatic hydroxyl groups excluding tert-OH is 2. The summed E-state index contributed by atoms with van der Waals surface area (Å²) in [6, 6.07) is 9.20. The number of amides is 2. The molecule has 3 N–H and O–H groups in total. The molecule has 6 nitrogen and oxygen atoms in total. The van der Waals surface area contributed by atoms with Crippen molar-refractivity contribution in [3.8, 4) is 0 Å². The van der Waals surface area contributed by atoms with Crippen LogP contribution < -0.4 is 5.32 Å². The molecule has 0 unspecified atom stereocenters. The molecule has 1 aromatic carbocycles. The van der Waals surface area contributed by atoms with Gasteiger partial charge in [-0.3, -0.25) is 9.59 Å². The maximum absolute atomic E-state index is 11.9. The predicted molar refractivity (Wildman–Crippen MR) is 69.0 cm³/mol. The summed E-state index contributed by atoms with van der Waals surface area (Å²) in [6.07, 6.45) is 0. The molecule has 0 aliphatic carbocycles. The second-order valence-electron chi connectivity index (χ2n) is 3.92. The van der Waals surface area contributed by atoms with Crippen LogP contribution in [0.4, 0.5) is 0 Å². The SMILES string of the molecule is O=C(NCCO)C(=O)N(CCO)Cc1ccccc1. The maximum atomic E-state index is 11.9. The molecule has 0 aliphatic rings. The van der Waals surface area contributed by atoms with Crippen LogP contribution in [0.3, 0.4) is 0 Å². The highest BCUT2D eigenvalue weighted by atomic mass is 16.3. The van der Waals surface area contributed by atoms with Crippen LogP contribution in [0.5, 0.6) is 0 Å². The lowest BCUT2D eigenvalue weighted by atomic mass is 10.2. The Bertz CT molecular complexity index is 408. The van der Waals surface area contributed by atoms with Gasteiger partial charge in [-0.2, -0.15) is 0 Å². The largest absolute Gasteiger partial charge is 0.395 e. The molecular weight excluding hydrogens is 248 g/mol. The van der Waals surface area contributed by atoms with Gasteiger partial charge in [-0.05, 0) is 5.56 Å². The lowest BCUT2D eigenvalue weighted by Crippen LogP contribution is -2.44. The quantitative estimate of drug-likeness (QED) is 0.583. The van der Waals surface area contributed by atoms with E-state index in [0.29, 0.717) is 0 Å². The number of aliphatic hydroxyl groups is 2. The summed E-state index contributed by atoms with van der Waals surface area (Å²) in [5.41, 5.74) is 0.874. The number of carbonyl (C=O) groups is 2. The van der Waals surface area contributed by atoms with Crippen molar-refractivity contribution >= 4 is 11.8 Å². The highest BCUT2D eigenvalue weighted by Crippen LogP contribution is 2.04. The monoisotopic (exact) mass is 266 g/mol. The summed E-state index contributed by atoms with van der Waals surface area (Å²) in [6.45, 7) is -0.0700. The summed E-state index contributed by atoms with van der Waals surface area (Å²) in [4.78, 5) is 24.6. The van der Waals surface area contributed by atoms with Gasteiger partial charge in [-0.1, -0.05) is 30.3 Å². The average Bonchev–Trinajstić information content (AvgIpc) is 2.44. The lowest BCUT2D eigenvalue weighted by molar-refractivity contribution is -0.146. The van der Waals surface area contributed by atoms with E-state index in [9.17, 15) is 9.59 Å². The molecule has 6 heteroatoms. The standard InChI is InChI=1S/C13H18N2O4/c16-8-6-14-12(18)13(19)15(7-9-17)10-11-4-2-1-3-5-11/h1-5,16-17H,6-10H2,(H,14,18). The minimum Gasteiger partial charge on any atom is -0.395 e. The Labute approximate surface area is 111 Å². The first kappa shape index (κ1) is 15.1. The summed E-state index contributed by atoms with van der Waals surface area (Å²) >= 11 is 0. The van der Waals surface area contributed by atoms with Crippen molar-refractivity contribution in [3.63, 3.8) is 0 Å². The molecule has 104 valence electrons. The number of hydrogen-bond acceptors (Lipinski definition) is 4. The van der Waals surface area contributed by atoms with Gasteiger partial charge in [0, 0.05) is 19.6 Å². The van der Waals surface area contributed by atoms with Crippen molar-refractivity contribution in [2.75, 3.05) is 26.3 Å². The van der Waals surface area contributed by atoms with Gasteiger partial charge in [0.1, 0.15) is 0 Å². The number of benzene rings is 1. The highest BCUT2D eigenvalue weighted by molar-refractivity contribution is 6.34. The fraction of sp³-hybridized carbons (Fsp3) is 0.385. The molecule has 0 heterocycles. The maximum Gasteiger partial charge on any atom is 0.312 e. The van der Waals surface area contributed by atoms with Crippen molar-refractivity contribution in [2.24, 2.45) is 0 Å². The van der Waals surface area contributed by atoms with Crippen LogP contribution in [0.1, 0.15) is 5.56 Å². The first-order valence-electron chi connectivity index (χ1n) is 6.01. The van der Waals surface area contributed by atoms with E-state index in [2.05, 4.69) is 5.32 Å². The van der Waals surface area contributed by atoms with Crippen molar-refractivity contribution in [3.05, 3.63) is 35.9 Å². The molecule has 19 heavy (non-hydrogen) atoms. The van der Waals surface area contributed by atoms with Crippen LogP contribution in [-0.4, -0.2) is 53.2 Å². The first-order valence-corrected chi connectivity index (χ1v) is 6.01. The average molecular weight is 266 g/mol. The Morgan fingerprint density at radius 3 is 2.37 bits per heavy atom. The third-order valence-electron chi connectivity index (χ3n) is 2.46. The molecule has 1 rings (SSSR count). The van der Waals surface area contributed by atoms with E-state index in [-0.39, 0.29) is 32.8 Å². The van der Waals surface area contributed by atoms with E-state index in [0.717, 1.165) is 5.56 Å². The van der Waals surface area contributed by atoms with Gasteiger partial charge in [0.25, 0.3) is 0 Å². The summed E-state index contributed by atoms with van der Waals surface area (Å²) in [5, 5.41) is 19.8.